The molecule has 0 aromatic carbocycles. The van der Waals surface area contributed by atoms with E-state index < -0.39 is 14.1 Å². The lowest BCUT2D eigenvalue weighted by Crippen LogP contribution is -2.47. The van der Waals surface area contributed by atoms with E-state index in [2.05, 4.69) is 33.9 Å². The van der Waals surface area contributed by atoms with Crippen LogP contribution in [0.3, 0.4) is 0 Å². The van der Waals surface area contributed by atoms with Crippen molar-refractivity contribution in [3.05, 3.63) is 0 Å². The predicted molar refractivity (Wildman–Crippen MR) is 110 cm³/mol. The Hall–Kier alpha value is -0.0231. The third kappa shape index (κ3) is 5.36. The van der Waals surface area contributed by atoms with E-state index >= 15 is 0 Å². The molecule has 0 unspecified atom stereocenters. The van der Waals surface area contributed by atoms with Gasteiger partial charge in [0.1, 0.15) is 12.2 Å². The first-order chi connectivity index (χ1) is 12.9. The Morgan fingerprint density at radius 2 is 1.82 bits per heavy atom. The number of hydrogen-bond acceptors (Lipinski definition) is 6. The smallest absolute Gasteiger partial charge is 0.192 e. The number of ether oxygens (including phenoxy) is 4. The molecule has 7 heteroatoms. The van der Waals surface area contributed by atoms with Gasteiger partial charge in [-0.3, -0.25) is 0 Å². The van der Waals surface area contributed by atoms with Crippen LogP contribution in [-0.4, -0.2) is 69.0 Å². The number of epoxide rings is 1. The zero-order chi connectivity index (χ0) is 20.7. The normalized spacial score (nSPS) is 36.6. The fraction of sp³-hybridized carbons (Fsp3) is 1.00. The SMILES string of the molecule is CC1(C)OC[C@@H]([C@H]2CC[C@H]([C@@H](CC[C@@H]3O[C@H]3CO)O[Si](C)(C)C(C)(C)C)O2)O1. The summed E-state index contributed by atoms with van der Waals surface area (Å²) in [5.41, 5.74) is 0. The largest absolute Gasteiger partial charge is 0.411 e. The van der Waals surface area contributed by atoms with Gasteiger partial charge in [-0.25, -0.2) is 0 Å². The number of rotatable bonds is 8. The van der Waals surface area contributed by atoms with Gasteiger partial charge in [-0.05, 0) is 57.7 Å². The molecule has 0 radical (unpaired) electrons. The van der Waals surface area contributed by atoms with Gasteiger partial charge in [0, 0.05) is 0 Å². The van der Waals surface area contributed by atoms with Crippen molar-refractivity contribution in [1.29, 1.82) is 0 Å². The highest BCUT2D eigenvalue weighted by atomic mass is 28.4. The van der Waals surface area contributed by atoms with Gasteiger partial charge in [0.25, 0.3) is 0 Å². The zero-order valence-corrected chi connectivity index (χ0v) is 19.7. The number of aliphatic hydroxyl groups is 1. The highest BCUT2D eigenvalue weighted by Gasteiger charge is 2.47. The Labute approximate surface area is 171 Å². The zero-order valence-electron chi connectivity index (χ0n) is 18.7. The van der Waals surface area contributed by atoms with Crippen LogP contribution in [0.25, 0.3) is 0 Å². The lowest BCUT2D eigenvalue weighted by molar-refractivity contribution is -0.158. The Morgan fingerprint density at radius 1 is 1.11 bits per heavy atom. The number of aliphatic hydroxyl groups excluding tert-OH is 1. The van der Waals surface area contributed by atoms with E-state index in [0.717, 1.165) is 25.7 Å². The summed E-state index contributed by atoms with van der Waals surface area (Å²) in [4.78, 5) is 0. The lowest BCUT2D eigenvalue weighted by Gasteiger charge is -2.41. The molecule has 6 atom stereocenters. The average Bonchev–Trinajstić information content (AvgIpc) is 2.97. The summed E-state index contributed by atoms with van der Waals surface area (Å²) in [6, 6.07) is 0. The summed E-state index contributed by atoms with van der Waals surface area (Å²) in [6.07, 6.45) is 4.16. The maximum atomic E-state index is 9.24. The molecule has 1 N–H and O–H groups in total. The summed E-state index contributed by atoms with van der Waals surface area (Å²) in [7, 11) is -1.92. The Bertz CT molecular complexity index is 531. The van der Waals surface area contributed by atoms with Gasteiger partial charge < -0.3 is 28.5 Å². The molecule has 0 aromatic heterocycles. The van der Waals surface area contributed by atoms with Crippen molar-refractivity contribution < 1.29 is 28.5 Å². The van der Waals surface area contributed by atoms with Crippen LogP contribution < -0.4 is 0 Å². The second-order valence-electron chi connectivity index (χ2n) is 10.5. The standard InChI is InChI=1S/C21H40O6Si/c1-20(2,3)28(6,7)27-17(11-10-15-18(12-22)25-15)14-8-9-16(24-14)19-13-23-21(4,5)26-19/h14-19,22H,8-13H2,1-7H3/t14-,15+,16-,17-,18+,19+/m1/s1. The van der Waals surface area contributed by atoms with Crippen LogP contribution in [0.4, 0.5) is 0 Å². The first-order valence-corrected chi connectivity index (χ1v) is 13.7. The van der Waals surface area contributed by atoms with E-state index in [1.165, 1.54) is 0 Å². The molecule has 3 rings (SSSR count). The van der Waals surface area contributed by atoms with Crippen molar-refractivity contribution in [3.63, 3.8) is 0 Å². The molecule has 3 aliphatic heterocycles. The Kier molecular flexibility index (Phi) is 6.67. The molecule has 0 amide bonds. The van der Waals surface area contributed by atoms with Gasteiger partial charge >= 0.3 is 0 Å². The average molecular weight is 417 g/mol. The van der Waals surface area contributed by atoms with Crippen molar-refractivity contribution in [3.8, 4) is 0 Å². The van der Waals surface area contributed by atoms with E-state index in [4.69, 9.17) is 23.4 Å². The predicted octanol–water partition coefficient (Wildman–Crippen LogP) is 3.62. The van der Waals surface area contributed by atoms with Crippen molar-refractivity contribution in [2.45, 2.75) is 121 Å². The summed E-state index contributed by atoms with van der Waals surface area (Å²) in [5.74, 6) is -0.522. The molecule has 28 heavy (non-hydrogen) atoms. The van der Waals surface area contributed by atoms with Gasteiger partial charge in [0.2, 0.25) is 0 Å². The van der Waals surface area contributed by atoms with Crippen LogP contribution in [0, 0.1) is 0 Å². The van der Waals surface area contributed by atoms with Crippen molar-refractivity contribution in [1.82, 2.24) is 0 Å². The Balaban J connectivity index is 1.61. The van der Waals surface area contributed by atoms with Gasteiger partial charge in [0.15, 0.2) is 14.1 Å². The Morgan fingerprint density at radius 3 is 2.36 bits per heavy atom. The highest BCUT2D eigenvalue weighted by molar-refractivity contribution is 6.74. The van der Waals surface area contributed by atoms with Crippen LogP contribution in [0.15, 0.2) is 0 Å². The van der Waals surface area contributed by atoms with Crippen molar-refractivity contribution in [2.75, 3.05) is 13.2 Å². The van der Waals surface area contributed by atoms with Crippen LogP contribution >= 0.6 is 0 Å². The van der Waals surface area contributed by atoms with Gasteiger partial charge in [0.05, 0.1) is 37.6 Å². The second kappa shape index (κ2) is 8.25. The molecule has 0 saturated carbocycles. The molecule has 0 spiro atoms. The first kappa shape index (κ1) is 22.7. The van der Waals surface area contributed by atoms with Crippen LogP contribution in [0.1, 0.15) is 60.3 Å². The van der Waals surface area contributed by atoms with E-state index in [1.807, 2.05) is 13.8 Å². The van der Waals surface area contributed by atoms with Gasteiger partial charge in [-0.15, -0.1) is 0 Å². The number of hydrogen-bond donors (Lipinski definition) is 1. The monoisotopic (exact) mass is 416 g/mol. The molecule has 0 bridgehead atoms. The molecule has 3 aliphatic rings. The van der Waals surface area contributed by atoms with Crippen LogP contribution in [0.2, 0.25) is 18.1 Å². The fourth-order valence-electron chi connectivity index (χ4n) is 3.93. The second-order valence-corrected chi connectivity index (χ2v) is 15.3. The van der Waals surface area contributed by atoms with E-state index in [1.54, 1.807) is 0 Å². The molecule has 0 aromatic rings. The molecule has 0 aliphatic carbocycles. The van der Waals surface area contributed by atoms with E-state index in [9.17, 15) is 5.11 Å². The van der Waals surface area contributed by atoms with E-state index in [-0.39, 0.29) is 48.3 Å². The summed E-state index contributed by atoms with van der Waals surface area (Å²) >= 11 is 0. The lowest BCUT2D eigenvalue weighted by atomic mass is 10.0. The summed E-state index contributed by atoms with van der Waals surface area (Å²) < 4.78 is 30.6. The maximum absolute atomic E-state index is 9.24. The van der Waals surface area contributed by atoms with Gasteiger partial charge in [-0.1, -0.05) is 20.8 Å². The highest BCUT2D eigenvalue weighted by Crippen LogP contribution is 2.41. The molecule has 3 saturated heterocycles. The van der Waals surface area contributed by atoms with Gasteiger partial charge in [-0.2, -0.15) is 0 Å². The third-order valence-electron chi connectivity index (χ3n) is 6.80. The van der Waals surface area contributed by atoms with Crippen LogP contribution in [-0.2, 0) is 23.4 Å². The van der Waals surface area contributed by atoms with Crippen molar-refractivity contribution >= 4 is 8.32 Å². The third-order valence-corrected chi connectivity index (χ3v) is 11.3. The molecule has 6 nitrogen and oxygen atoms in total. The van der Waals surface area contributed by atoms with Crippen LogP contribution in [0.5, 0.6) is 0 Å². The molecule has 3 heterocycles. The van der Waals surface area contributed by atoms with E-state index in [0.29, 0.717) is 6.61 Å². The summed E-state index contributed by atoms with van der Waals surface area (Å²) in [5, 5.41) is 9.40. The molecular weight excluding hydrogens is 376 g/mol. The first-order valence-electron chi connectivity index (χ1n) is 10.8. The minimum absolute atomic E-state index is 0.000874. The summed E-state index contributed by atoms with van der Waals surface area (Å²) in [6.45, 7) is 16.0. The minimum atomic E-state index is -1.92. The topological polar surface area (TPSA) is 69.7 Å². The molecular formula is C21H40O6Si. The molecule has 164 valence electrons. The van der Waals surface area contributed by atoms with Crippen molar-refractivity contribution in [2.24, 2.45) is 0 Å². The minimum Gasteiger partial charge on any atom is -0.411 e. The maximum Gasteiger partial charge on any atom is 0.192 e. The fourth-order valence-corrected chi connectivity index (χ4v) is 5.31. The molecule has 3 fully saturated rings. The quantitative estimate of drug-likeness (QED) is 0.481.